The first kappa shape index (κ1) is 25.7. The Morgan fingerprint density at radius 1 is 0.972 bits per heavy atom. The minimum Gasteiger partial charge on any atom is -0.377 e. The Balaban J connectivity index is 1.78. The van der Waals surface area contributed by atoms with Crippen molar-refractivity contribution < 1.29 is 31.4 Å². The summed E-state index contributed by atoms with van der Waals surface area (Å²) in [5, 5.41) is 2.05. The highest BCUT2D eigenvalue weighted by molar-refractivity contribution is 9.11. The van der Waals surface area contributed by atoms with E-state index >= 15 is 0 Å². The lowest BCUT2D eigenvalue weighted by Crippen LogP contribution is -2.54. The smallest absolute Gasteiger partial charge is 0.339 e. The lowest BCUT2D eigenvalue weighted by Gasteiger charge is -2.26. The van der Waals surface area contributed by atoms with Crippen LogP contribution in [0.3, 0.4) is 0 Å². The predicted octanol–water partition coefficient (Wildman–Crippen LogP) is 5.09. The fraction of sp³-hybridized carbons (Fsp3) is 0.0417. The lowest BCUT2D eigenvalue weighted by atomic mass is 10.1. The molecule has 1 aliphatic rings. The summed E-state index contributed by atoms with van der Waals surface area (Å²) in [6, 6.07) is 12.5. The van der Waals surface area contributed by atoms with Crippen molar-refractivity contribution in [3.05, 3.63) is 92.1 Å². The molecule has 0 bridgehead atoms. The summed E-state index contributed by atoms with van der Waals surface area (Å²) in [4.78, 5) is 38.7. The first-order chi connectivity index (χ1) is 17.0. The van der Waals surface area contributed by atoms with Crippen LogP contribution in [0.5, 0.6) is 5.75 Å². The molecule has 1 aliphatic heterocycles. The highest BCUT2D eigenvalue weighted by Gasteiger charge is 2.37. The van der Waals surface area contributed by atoms with Crippen molar-refractivity contribution in [1.29, 1.82) is 0 Å². The zero-order valence-corrected chi connectivity index (χ0v) is 22.3. The molecule has 0 unspecified atom stereocenters. The maximum atomic E-state index is 13.3. The molecule has 0 atom stereocenters. The number of urea groups is 1. The summed E-state index contributed by atoms with van der Waals surface area (Å²) in [6.07, 6.45) is 1.11. The summed E-state index contributed by atoms with van der Waals surface area (Å²) in [5.41, 5.74) is 0.470. The third-order valence-corrected chi connectivity index (χ3v) is 7.31. The Hall–Kier alpha value is -3.35. The molecule has 0 saturated carbocycles. The molecule has 1 saturated heterocycles. The molecule has 3 aromatic carbocycles. The SMILES string of the molecule is Cc1ccc(S(=O)(=O)Oc2c(Br)cc(Br)cc2/C=C2\C(=O)NC(=O)N(c3ccc(F)cc3)C2=O)cc1. The van der Waals surface area contributed by atoms with Crippen LogP contribution in [0.15, 0.2) is 80.1 Å². The third-order valence-electron chi connectivity index (χ3n) is 5.03. The summed E-state index contributed by atoms with van der Waals surface area (Å²) < 4.78 is 45.3. The Kier molecular flexibility index (Phi) is 7.12. The third kappa shape index (κ3) is 5.25. The van der Waals surface area contributed by atoms with E-state index in [4.69, 9.17) is 4.18 Å². The Labute approximate surface area is 222 Å². The van der Waals surface area contributed by atoms with Gasteiger partial charge in [0.15, 0.2) is 5.75 Å². The van der Waals surface area contributed by atoms with Crippen molar-refractivity contribution in [2.75, 3.05) is 4.90 Å². The van der Waals surface area contributed by atoms with Crippen molar-refractivity contribution in [2.24, 2.45) is 0 Å². The van der Waals surface area contributed by atoms with Crippen LogP contribution < -0.4 is 14.4 Å². The molecule has 4 rings (SSSR count). The van der Waals surface area contributed by atoms with Gasteiger partial charge in [0.05, 0.1) is 10.2 Å². The van der Waals surface area contributed by atoms with Crippen LogP contribution in [0.2, 0.25) is 0 Å². The molecular weight excluding hydrogens is 623 g/mol. The van der Waals surface area contributed by atoms with Gasteiger partial charge in [0.1, 0.15) is 16.3 Å². The fourth-order valence-electron chi connectivity index (χ4n) is 3.28. The molecule has 12 heteroatoms. The molecule has 1 fully saturated rings. The van der Waals surface area contributed by atoms with E-state index in [1.54, 1.807) is 19.1 Å². The molecule has 0 aromatic heterocycles. The lowest BCUT2D eigenvalue weighted by molar-refractivity contribution is -0.122. The molecule has 0 spiro atoms. The number of nitrogens with one attached hydrogen (secondary N) is 1. The van der Waals surface area contributed by atoms with Crippen LogP contribution >= 0.6 is 31.9 Å². The van der Waals surface area contributed by atoms with Gasteiger partial charge < -0.3 is 4.18 Å². The number of halogens is 3. The van der Waals surface area contributed by atoms with Gasteiger partial charge in [0, 0.05) is 10.0 Å². The van der Waals surface area contributed by atoms with Crippen LogP contribution in [-0.4, -0.2) is 26.3 Å². The van der Waals surface area contributed by atoms with Crippen LogP contribution in [0.4, 0.5) is 14.9 Å². The fourth-order valence-corrected chi connectivity index (χ4v) is 5.69. The molecule has 0 radical (unpaired) electrons. The van der Waals surface area contributed by atoms with Gasteiger partial charge in [-0.25, -0.2) is 14.1 Å². The average Bonchev–Trinajstić information content (AvgIpc) is 2.80. The second-order valence-corrected chi connectivity index (χ2v) is 10.9. The van der Waals surface area contributed by atoms with Gasteiger partial charge in [-0.1, -0.05) is 33.6 Å². The number of imide groups is 2. The number of hydrogen-bond donors (Lipinski definition) is 1. The number of benzene rings is 3. The maximum Gasteiger partial charge on any atom is 0.339 e. The van der Waals surface area contributed by atoms with E-state index in [0.717, 1.165) is 23.8 Å². The summed E-state index contributed by atoms with van der Waals surface area (Å²) in [7, 11) is -4.28. The second kappa shape index (κ2) is 9.96. The first-order valence-electron chi connectivity index (χ1n) is 10.1. The van der Waals surface area contributed by atoms with E-state index in [2.05, 4.69) is 37.2 Å². The molecule has 0 aliphatic carbocycles. The molecule has 1 N–H and O–H groups in total. The number of hydrogen-bond acceptors (Lipinski definition) is 6. The minimum atomic E-state index is -4.28. The van der Waals surface area contributed by atoms with Crippen LogP contribution in [0.1, 0.15) is 11.1 Å². The number of carbonyl (C=O) groups is 3. The van der Waals surface area contributed by atoms with E-state index in [1.165, 1.54) is 36.4 Å². The Bertz CT molecular complexity index is 1540. The van der Waals surface area contributed by atoms with Crippen molar-refractivity contribution in [2.45, 2.75) is 11.8 Å². The number of aryl methyl sites for hydroxylation is 1. The van der Waals surface area contributed by atoms with E-state index in [-0.39, 0.29) is 26.4 Å². The number of carbonyl (C=O) groups excluding carboxylic acids is 3. The van der Waals surface area contributed by atoms with Gasteiger partial charge in [-0.05, 0) is 77.5 Å². The van der Waals surface area contributed by atoms with E-state index in [1.807, 2.05) is 0 Å². The van der Waals surface area contributed by atoms with Crippen molar-refractivity contribution in [3.8, 4) is 5.75 Å². The highest BCUT2D eigenvalue weighted by Crippen LogP contribution is 2.37. The zero-order valence-electron chi connectivity index (χ0n) is 18.3. The van der Waals surface area contributed by atoms with Gasteiger partial charge in [-0.2, -0.15) is 8.42 Å². The quantitative estimate of drug-likeness (QED) is 0.237. The zero-order chi connectivity index (χ0) is 26.2. The molecule has 184 valence electrons. The Morgan fingerprint density at radius 3 is 2.25 bits per heavy atom. The minimum absolute atomic E-state index is 0.0335. The number of amides is 4. The van der Waals surface area contributed by atoms with Crippen LogP contribution in [0, 0.1) is 12.7 Å². The first-order valence-corrected chi connectivity index (χ1v) is 13.1. The van der Waals surface area contributed by atoms with Crippen molar-refractivity contribution in [1.82, 2.24) is 5.32 Å². The topological polar surface area (TPSA) is 110 Å². The van der Waals surface area contributed by atoms with Gasteiger partial charge in [0.2, 0.25) is 0 Å². The summed E-state index contributed by atoms with van der Waals surface area (Å²) in [5.74, 6) is -2.74. The molecule has 1 heterocycles. The molecule has 36 heavy (non-hydrogen) atoms. The average molecular weight is 638 g/mol. The predicted molar refractivity (Wildman–Crippen MR) is 136 cm³/mol. The van der Waals surface area contributed by atoms with Gasteiger partial charge in [-0.15, -0.1) is 0 Å². The monoisotopic (exact) mass is 636 g/mol. The van der Waals surface area contributed by atoms with Crippen LogP contribution in [-0.2, 0) is 19.7 Å². The standard InChI is InChI=1S/C24H15Br2FN2O6S/c1-13-2-8-18(9-3-13)36(33,34)35-21-14(10-15(25)12-20(21)26)11-19-22(30)28-24(32)29(23(19)31)17-6-4-16(27)5-7-17/h2-12H,1H3,(H,28,30,32)/b19-11+. The number of anilines is 1. The number of rotatable bonds is 5. The van der Waals surface area contributed by atoms with Gasteiger partial charge in [0.25, 0.3) is 11.8 Å². The molecule has 3 aromatic rings. The number of nitrogens with zero attached hydrogens (tertiary/aromatic N) is 1. The summed E-state index contributed by atoms with van der Waals surface area (Å²) in [6.45, 7) is 1.80. The van der Waals surface area contributed by atoms with Crippen molar-refractivity contribution >= 4 is 71.6 Å². The number of barbiturate groups is 1. The highest BCUT2D eigenvalue weighted by atomic mass is 79.9. The van der Waals surface area contributed by atoms with Crippen molar-refractivity contribution in [3.63, 3.8) is 0 Å². The molecule has 4 amide bonds. The summed E-state index contributed by atoms with van der Waals surface area (Å²) >= 11 is 6.55. The maximum absolute atomic E-state index is 13.3. The van der Waals surface area contributed by atoms with E-state index in [9.17, 15) is 27.2 Å². The van der Waals surface area contributed by atoms with Gasteiger partial charge >= 0.3 is 16.1 Å². The second-order valence-electron chi connectivity index (χ2n) is 7.59. The van der Waals surface area contributed by atoms with Crippen LogP contribution in [0.25, 0.3) is 6.08 Å². The van der Waals surface area contributed by atoms with Gasteiger partial charge in [-0.3, -0.25) is 14.9 Å². The van der Waals surface area contributed by atoms with E-state index in [0.29, 0.717) is 9.37 Å². The normalized spacial score (nSPS) is 15.3. The largest absolute Gasteiger partial charge is 0.377 e. The van der Waals surface area contributed by atoms with E-state index < -0.39 is 39.4 Å². The molecule has 8 nitrogen and oxygen atoms in total. The molecular formula is C24H15Br2FN2O6S. The Morgan fingerprint density at radius 2 is 1.61 bits per heavy atom.